The summed E-state index contributed by atoms with van der Waals surface area (Å²) < 4.78 is 4.96. The van der Waals surface area contributed by atoms with Crippen LogP contribution in [0.25, 0.3) is 0 Å². The van der Waals surface area contributed by atoms with Crippen LogP contribution in [0.3, 0.4) is 0 Å². The summed E-state index contributed by atoms with van der Waals surface area (Å²) in [6.07, 6.45) is -0.889. The van der Waals surface area contributed by atoms with Crippen LogP contribution in [0.2, 0.25) is 0 Å². The summed E-state index contributed by atoms with van der Waals surface area (Å²) in [5.41, 5.74) is 0.0512. The number of anilines is 1. The fraction of sp³-hybridized carbons (Fsp3) is 0.333. The molecule has 82 valence electrons. The van der Waals surface area contributed by atoms with Crippen molar-refractivity contribution in [1.82, 2.24) is 0 Å². The van der Waals surface area contributed by atoms with Crippen LogP contribution in [0.15, 0.2) is 18.2 Å². The van der Waals surface area contributed by atoms with Gasteiger partial charge in [-0.15, -0.1) is 0 Å². The van der Waals surface area contributed by atoms with E-state index in [9.17, 15) is 10.1 Å². The molecule has 0 saturated heterocycles. The minimum atomic E-state index is -0.889. The molecule has 0 saturated carbocycles. The summed E-state index contributed by atoms with van der Waals surface area (Å²) >= 11 is 0. The molecule has 1 rings (SSSR count). The highest BCUT2D eigenvalue weighted by Gasteiger charge is 2.18. The van der Waals surface area contributed by atoms with Gasteiger partial charge in [0.1, 0.15) is 12.0 Å². The fourth-order valence-electron chi connectivity index (χ4n) is 1.20. The Morgan fingerprint density at radius 1 is 1.60 bits per heavy atom. The van der Waals surface area contributed by atoms with Crippen LogP contribution < -0.4 is 10.1 Å². The van der Waals surface area contributed by atoms with Crippen molar-refractivity contribution in [2.45, 2.75) is 13.2 Å². The van der Waals surface area contributed by atoms with E-state index in [0.717, 1.165) is 0 Å². The van der Waals surface area contributed by atoms with Crippen molar-refractivity contribution in [3.05, 3.63) is 28.3 Å². The summed E-state index contributed by atoms with van der Waals surface area (Å²) in [6, 6.07) is 4.44. The Labute approximate surface area is 86.6 Å². The summed E-state index contributed by atoms with van der Waals surface area (Å²) in [5.74, 6) is 0.324. The number of nitro groups is 1. The van der Waals surface area contributed by atoms with E-state index in [4.69, 9.17) is 9.84 Å². The average Bonchev–Trinajstić information content (AvgIpc) is 2.16. The highest BCUT2D eigenvalue weighted by molar-refractivity contribution is 5.70. The third kappa shape index (κ3) is 2.57. The second-order valence-electron chi connectivity index (χ2n) is 2.93. The van der Waals surface area contributed by atoms with Crippen LogP contribution in [-0.4, -0.2) is 23.4 Å². The highest BCUT2D eigenvalue weighted by atomic mass is 16.6. The second kappa shape index (κ2) is 4.61. The molecule has 0 aromatic heterocycles. The minimum absolute atomic E-state index is 0.129. The third-order valence-corrected chi connectivity index (χ3v) is 1.77. The van der Waals surface area contributed by atoms with E-state index in [1.165, 1.54) is 26.2 Å². The van der Waals surface area contributed by atoms with Crippen molar-refractivity contribution in [3.63, 3.8) is 0 Å². The lowest BCUT2D eigenvalue weighted by Gasteiger charge is -2.12. The maximum atomic E-state index is 10.7. The van der Waals surface area contributed by atoms with Gasteiger partial charge >= 0.3 is 0 Å². The number of hydrogen-bond acceptors (Lipinski definition) is 5. The first kappa shape index (κ1) is 11.3. The van der Waals surface area contributed by atoms with Gasteiger partial charge in [-0.25, -0.2) is 0 Å². The molecule has 1 atom stereocenters. The first-order chi connectivity index (χ1) is 7.06. The first-order valence-corrected chi connectivity index (χ1v) is 4.32. The van der Waals surface area contributed by atoms with Crippen LogP contribution >= 0.6 is 0 Å². The molecular weight excluding hydrogens is 200 g/mol. The zero-order chi connectivity index (χ0) is 11.4. The van der Waals surface area contributed by atoms with Crippen LogP contribution in [0, 0.1) is 10.1 Å². The number of nitrogens with one attached hydrogen (secondary N) is 1. The quantitative estimate of drug-likeness (QED) is 0.447. The van der Waals surface area contributed by atoms with Gasteiger partial charge in [-0.1, -0.05) is 6.07 Å². The lowest BCUT2D eigenvalue weighted by Crippen LogP contribution is -2.15. The molecule has 0 bridgehead atoms. The monoisotopic (exact) mass is 212 g/mol. The minimum Gasteiger partial charge on any atom is -0.494 e. The Morgan fingerprint density at radius 3 is 2.73 bits per heavy atom. The molecule has 0 heterocycles. The normalized spacial score (nSPS) is 11.9. The van der Waals surface area contributed by atoms with E-state index in [-0.39, 0.29) is 11.4 Å². The molecule has 1 unspecified atom stereocenters. The number of nitro benzene ring substituents is 1. The fourth-order valence-corrected chi connectivity index (χ4v) is 1.20. The molecule has 2 N–H and O–H groups in total. The predicted octanol–water partition coefficient (Wildman–Crippen LogP) is 1.35. The topological polar surface area (TPSA) is 84.6 Å². The number of nitrogens with zero attached hydrogens (tertiary/aromatic N) is 1. The van der Waals surface area contributed by atoms with Gasteiger partial charge in [0.05, 0.1) is 12.0 Å². The van der Waals surface area contributed by atoms with Gasteiger partial charge in [0.15, 0.2) is 5.69 Å². The third-order valence-electron chi connectivity index (χ3n) is 1.77. The number of para-hydroxylation sites is 1. The van der Waals surface area contributed by atoms with Crippen molar-refractivity contribution in [3.8, 4) is 5.75 Å². The first-order valence-electron chi connectivity index (χ1n) is 4.32. The second-order valence-corrected chi connectivity index (χ2v) is 2.93. The van der Waals surface area contributed by atoms with Gasteiger partial charge in [0, 0.05) is 6.07 Å². The molecule has 6 nitrogen and oxygen atoms in total. The molecule has 0 fully saturated rings. The summed E-state index contributed by atoms with van der Waals surface area (Å²) in [5, 5.41) is 22.4. The standard InChI is InChI=1S/C9H12N2O4/c1-6(12)10-9-7(11(13)14)4-3-5-8(9)15-2/h3-6,10,12H,1-2H3. The number of rotatable bonds is 4. The van der Waals surface area contributed by atoms with E-state index in [0.29, 0.717) is 5.75 Å². The van der Waals surface area contributed by atoms with E-state index in [2.05, 4.69) is 5.32 Å². The Kier molecular flexibility index (Phi) is 3.46. The SMILES string of the molecule is COc1cccc([N+](=O)[O-])c1NC(C)O. The molecular formula is C9H12N2O4. The number of aliphatic hydroxyl groups is 1. The smallest absolute Gasteiger partial charge is 0.296 e. The molecule has 0 spiro atoms. The molecule has 1 aromatic carbocycles. The molecule has 6 heteroatoms. The molecule has 0 aliphatic carbocycles. The molecule has 0 radical (unpaired) electrons. The van der Waals surface area contributed by atoms with Crippen LogP contribution in [-0.2, 0) is 0 Å². The summed E-state index contributed by atoms with van der Waals surface area (Å²) in [7, 11) is 1.41. The van der Waals surface area contributed by atoms with Crippen molar-refractivity contribution in [1.29, 1.82) is 0 Å². The van der Waals surface area contributed by atoms with Gasteiger partial charge in [-0.2, -0.15) is 0 Å². The van der Waals surface area contributed by atoms with Crippen molar-refractivity contribution >= 4 is 11.4 Å². The Hall–Kier alpha value is -1.82. The number of hydrogen-bond donors (Lipinski definition) is 2. The zero-order valence-corrected chi connectivity index (χ0v) is 8.43. The Bertz CT molecular complexity index is 365. The van der Waals surface area contributed by atoms with E-state index >= 15 is 0 Å². The maximum Gasteiger partial charge on any atom is 0.296 e. The molecule has 0 aliphatic heterocycles. The summed E-state index contributed by atoms with van der Waals surface area (Å²) in [6.45, 7) is 1.47. The van der Waals surface area contributed by atoms with E-state index < -0.39 is 11.2 Å². The number of benzene rings is 1. The van der Waals surface area contributed by atoms with Crippen molar-refractivity contribution in [2.24, 2.45) is 0 Å². The largest absolute Gasteiger partial charge is 0.494 e. The van der Waals surface area contributed by atoms with Crippen LogP contribution in [0.5, 0.6) is 5.75 Å². The van der Waals surface area contributed by atoms with E-state index in [1.54, 1.807) is 6.07 Å². The Balaban J connectivity index is 3.20. The average molecular weight is 212 g/mol. The maximum absolute atomic E-state index is 10.7. The van der Waals surface area contributed by atoms with E-state index in [1.807, 2.05) is 0 Å². The molecule has 0 aliphatic rings. The van der Waals surface area contributed by atoms with Crippen LogP contribution in [0.4, 0.5) is 11.4 Å². The lowest BCUT2D eigenvalue weighted by molar-refractivity contribution is -0.384. The van der Waals surface area contributed by atoms with Gasteiger partial charge in [-0.3, -0.25) is 10.1 Å². The van der Waals surface area contributed by atoms with Gasteiger partial charge < -0.3 is 15.2 Å². The molecule has 1 aromatic rings. The predicted molar refractivity (Wildman–Crippen MR) is 55.0 cm³/mol. The van der Waals surface area contributed by atoms with Crippen LogP contribution in [0.1, 0.15) is 6.92 Å². The molecule has 0 amide bonds. The van der Waals surface area contributed by atoms with Crippen molar-refractivity contribution in [2.75, 3.05) is 12.4 Å². The number of ether oxygens (including phenoxy) is 1. The number of aliphatic hydroxyl groups excluding tert-OH is 1. The summed E-state index contributed by atoms with van der Waals surface area (Å²) in [4.78, 5) is 10.2. The number of methoxy groups -OCH3 is 1. The highest BCUT2D eigenvalue weighted by Crippen LogP contribution is 2.34. The zero-order valence-electron chi connectivity index (χ0n) is 8.43. The van der Waals surface area contributed by atoms with Gasteiger partial charge in [-0.05, 0) is 13.0 Å². The Morgan fingerprint density at radius 2 is 2.27 bits per heavy atom. The van der Waals surface area contributed by atoms with Crippen molar-refractivity contribution < 1.29 is 14.8 Å². The van der Waals surface area contributed by atoms with Gasteiger partial charge in [0.2, 0.25) is 0 Å². The lowest BCUT2D eigenvalue weighted by atomic mass is 10.2. The van der Waals surface area contributed by atoms with Gasteiger partial charge in [0.25, 0.3) is 5.69 Å². The molecule has 15 heavy (non-hydrogen) atoms.